The number of β-amino-alcohol motifs (C(OH)–C–C–N with tert-alkyl or cyclic N) is 1. The summed E-state index contributed by atoms with van der Waals surface area (Å²) in [5.41, 5.74) is 5.95. The minimum atomic E-state index is -1.34. The second kappa shape index (κ2) is 9.29. The van der Waals surface area contributed by atoms with E-state index >= 15 is 0 Å². The summed E-state index contributed by atoms with van der Waals surface area (Å²) < 4.78 is 28.1. The number of halogens is 2. The minimum absolute atomic E-state index is 0.0880. The smallest absolute Gasteiger partial charge is 0.235 e. The van der Waals surface area contributed by atoms with Crippen molar-refractivity contribution < 1.29 is 18.7 Å². The van der Waals surface area contributed by atoms with E-state index in [-0.39, 0.29) is 34.2 Å². The third kappa shape index (κ3) is 4.31. The summed E-state index contributed by atoms with van der Waals surface area (Å²) in [6.45, 7) is 10.1. The van der Waals surface area contributed by atoms with Crippen LogP contribution in [0, 0.1) is 29.5 Å². The van der Waals surface area contributed by atoms with Gasteiger partial charge in [0.15, 0.2) is 11.6 Å². The number of amides is 1. The number of hydrogen-bond donors (Lipinski definition) is 2. The molecule has 1 aromatic heterocycles. The number of carbonyl (C=O) groups excluding carboxylic acids is 1. The van der Waals surface area contributed by atoms with Crippen LogP contribution >= 0.6 is 11.8 Å². The Labute approximate surface area is 182 Å². The van der Waals surface area contributed by atoms with Crippen molar-refractivity contribution in [3.8, 4) is 6.07 Å². The molecule has 31 heavy (non-hydrogen) atoms. The number of hydrogen-bond acceptors (Lipinski definition) is 6. The number of anilines is 1. The number of primary amides is 1. The molecule has 2 atom stereocenters. The molecule has 1 aliphatic rings. The molecule has 1 aliphatic heterocycles. The molecule has 1 fully saturated rings. The first-order valence-corrected chi connectivity index (χ1v) is 10.4. The maximum absolute atomic E-state index is 14.4. The highest BCUT2D eigenvalue weighted by Crippen LogP contribution is 2.43. The first kappa shape index (κ1) is 22.5. The molecule has 0 saturated carbocycles. The number of nitrogens with two attached hydrogens (primary N) is 1. The summed E-state index contributed by atoms with van der Waals surface area (Å²) in [5.74, 6) is -2.96. The van der Waals surface area contributed by atoms with E-state index in [1.807, 2.05) is 6.07 Å². The zero-order valence-electron chi connectivity index (χ0n) is 16.6. The van der Waals surface area contributed by atoms with Crippen LogP contribution in [0.1, 0.15) is 35.3 Å². The molecule has 1 saturated heterocycles. The maximum atomic E-state index is 14.4. The fourth-order valence-electron chi connectivity index (χ4n) is 3.51. The predicted molar refractivity (Wildman–Crippen MR) is 112 cm³/mol. The van der Waals surface area contributed by atoms with E-state index in [2.05, 4.69) is 9.83 Å². The number of rotatable bonds is 6. The van der Waals surface area contributed by atoms with Gasteiger partial charge >= 0.3 is 0 Å². The van der Waals surface area contributed by atoms with Gasteiger partial charge in [-0.1, -0.05) is 30.8 Å². The Bertz CT molecular complexity index is 1110. The van der Waals surface area contributed by atoms with Crippen LogP contribution in [0.4, 0.5) is 20.3 Å². The van der Waals surface area contributed by atoms with Crippen molar-refractivity contribution in [1.82, 2.24) is 4.98 Å². The van der Waals surface area contributed by atoms with E-state index in [0.717, 1.165) is 17.8 Å². The van der Waals surface area contributed by atoms with Crippen LogP contribution in [0.25, 0.3) is 4.85 Å². The van der Waals surface area contributed by atoms with E-state index in [0.29, 0.717) is 24.9 Å². The Hall–Kier alpha value is -3.21. The van der Waals surface area contributed by atoms with Gasteiger partial charge in [-0.2, -0.15) is 5.26 Å². The number of pyridine rings is 1. The molecule has 10 heteroatoms. The lowest BCUT2D eigenvalue weighted by molar-refractivity contribution is -0.117. The van der Waals surface area contributed by atoms with Gasteiger partial charge < -0.3 is 15.7 Å². The third-order valence-electron chi connectivity index (χ3n) is 5.01. The second-order valence-corrected chi connectivity index (χ2v) is 8.05. The van der Waals surface area contributed by atoms with Crippen molar-refractivity contribution in [3.63, 3.8) is 0 Å². The van der Waals surface area contributed by atoms with Crippen molar-refractivity contribution in [1.29, 1.82) is 5.26 Å². The lowest BCUT2D eigenvalue weighted by Gasteiger charge is -2.23. The summed E-state index contributed by atoms with van der Waals surface area (Å²) >= 11 is 0.740. The summed E-state index contributed by atoms with van der Waals surface area (Å²) in [6.07, 6.45) is 0.272. The number of nitriles is 1. The van der Waals surface area contributed by atoms with Gasteiger partial charge in [0, 0.05) is 18.7 Å². The molecular formula is C21H19F2N5O2S. The fraction of sp³-hybridized carbons (Fsp3) is 0.333. The first-order chi connectivity index (χ1) is 14.8. The highest BCUT2D eigenvalue weighted by Gasteiger charge is 2.31. The standard InChI is InChI=1S/C21H19F2N5O2S/c1-3-12-14(9-24)21(27-20(17(12)26-2)28-8-7-11(29)10-28)31-18(19(25)30)13-5-4-6-15(22)16(13)23/h4-6,11,18,29H,3,7-8,10H2,1H3,(H2,25,30)/t11-,18?/m0/s1. The number of aliphatic hydroxyl groups is 1. The highest BCUT2D eigenvalue weighted by molar-refractivity contribution is 8.00. The average Bonchev–Trinajstić information content (AvgIpc) is 3.18. The number of aliphatic hydroxyl groups excluding tert-OH is 1. The number of nitrogens with zero attached hydrogens (tertiary/aromatic N) is 4. The molecular weight excluding hydrogens is 424 g/mol. The zero-order valence-corrected chi connectivity index (χ0v) is 17.4. The van der Waals surface area contributed by atoms with Gasteiger partial charge in [-0.3, -0.25) is 4.79 Å². The lowest BCUT2D eigenvalue weighted by Crippen LogP contribution is -2.24. The number of aromatic nitrogens is 1. The highest BCUT2D eigenvalue weighted by atomic mass is 32.2. The summed E-state index contributed by atoms with van der Waals surface area (Å²) in [7, 11) is 0. The molecule has 0 radical (unpaired) electrons. The summed E-state index contributed by atoms with van der Waals surface area (Å²) in [5, 5.41) is 18.4. The van der Waals surface area contributed by atoms with Crippen LogP contribution in [-0.4, -0.2) is 35.2 Å². The van der Waals surface area contributed by atoms with Crippen molar-refractivity contribution in [2.45, 2.75) is 36.1 Å². The number of thioether (sulfide) groups is 1. The van der Waals surface area contributed by atoms with Gasteiger partial charge in [0.1, 0.15) is 22.2 Å². The van der Waals surface area contributed by atoms with Crippen LogP contribution in [0.2, 0.25) is 0 Å². The Morgan fingerprint density at radius 1 is 1.55 bits per heavy atom. The topological polar surface area (TPSA) is 108 Å². The normalized spacial score (nSPS) is 16.6. The number of benzene rings is 1. The molecule has 0 aliphatic carbocycles. The monoisotopic (exact) mass is 443 g/mol. The lowest BCUT2D eigenvalue weighted by atomic mass is 10.1. The molecule has 1 amide bonds. The van der Waals surface area contributed by atoms with E-state index in [1.54, 1.807) is 11.8 Å². The SMILES string of the molecule is [C-]#[N+]c1c(N2CC[C@H](O)C2)nc(SC(C(N)=O)c2cccc(F)c2F)c(C#N)c1CC. The van der Waals surface area contributed by atoms with Crippen molar-refractivity contribution in [2.75, 3.05) is 18.0 Å². The summed E-state index contributed by atoms with van der Waals surface area (Å²) in [4.78, 5) is 21.9. The molecule has 2 aromatic rings. The molecule has 3 N–H and O–H groups in total. The minimum Gasteiger partial charge on any atom is -0.391 e. The molecule has 2 heterocycles. The Morgan fingerprint density at radius 3 is 2.84 bits per heavy atom. The van der Waals surface area contributed by atoms with Gasteiger partial charge in [0.2, 0.25) is 11.6 Å². The average molecular weight is 443 g/mol. The Balaban J connectivity index is 2.17. The Morgan fingerprint density at radius 2 is 2.29 bits per heavy atom. The van der Waals surface area contributed by atoms with Crippen molar-refractivity contribution in [3.05, 3.63) is 57.9 Å². The van der Waals surface area contributed by atoms with Crippen LogP contribution < -0.4 is 10.6 Å². The quantitative estimate of drug-likeness (QED) is 0.524. The van der Waals surface area contributed by atoms with Crippen molar-refractivity contribution in [2.24, 2.45) is 5.73 Å². The molecule has 7 nitrogen and oxygen atoms in total. The van der Waals surface area contributed by atoms with Crippen LogP contribution in [0.15, 0.2) is 23.2 Å². The summed E-state index contributed by atoms with van der Waals surface area (Å²) in [6, 6.07) is 5.46. The second-order valence-electron chi connectivity index (χ2n) is 6.95. The van der Waals surface area contributed by atoms with Crippen LogP contribution in [0.5, 0.6) is 0 Å². The largest absolute Gasteiger partial charge is 0.391 e. The maximum Gasteiger partial charge on any atom is 0.235 e. The van der Waals surface area contributed by atoms with Gasteiger partial charge in [-0.15, -0.1) is 0 Å². The van der Waals surface area contributed by atoms with E-state index in [9.17, 15) is 23.9 Å². The number of carbonyl (C=O) groups is 1. The zero-order chi connectivity index (χ0) is 22.7. The van der Waals surface area contributed by atoms with E-state index < -0.39 is 28.9 Å². The molecule has 0 bridgehead atoms. The first-order valence-electron chi connectivity index (χ1n) is 9.49. The van der Waals surface area contributed by atoms with Crippen LogP contribution in [0.3, 0.4) is 0 Å². The molecule has 1 aromatic carbocycles. The van der Waals surface area contributed by atoms with Crippen LogP contribution in [-0.2, 0) is 11.2 Å². The molecule has 1 unspecified atom stereocenters. The van der Waals surface area contributed by atoms with Crippen molar-refractivity contribution >= 4 is 29.2 Å². The van der Waals surface area contributed by atoms with Gasteiger partial charge in [0.25, 0.3) is 0 Å². The van der Waals surface area contributed by atoms with Gasteiger partial charge in [0.05, 0.1) is 18.2 Å². The third-order valence-corrected chi connectivity index (χ3v) is 6.25. The predicted octanol–water partition coefficient (Wildman–Crippen LogP) is 3.23. The van der Waals surface area contributed by atoms with Gasteiger partial charge in [-0.25, -0.2) is 18.6 Å². The van der Waals surface area contributed by atoms with E-state index in [1.165, 1.54) is 12.1 Å². The fourth-order valence-corrected chi connectivity index (χ4v) is 4.59. The molecule has 160 valence electrons. The van der Waals surface area contributed by atoms with E-state index in [4.69, 9.17) is 12.3 Å². The molecule has 3 rings (SSSR count). The molecule has 0 spiro atoms. The Kier molecular flexibility index (Phi) is 6.74. The van der Waals surface area contributed by atoms with Gasteiger partial charge in [-0.05, 0) is 24.5 Å².